The lowest BCUT2D eigenvalue weighted by atomic mass is 9.26. The summed E-state index contributed by atoms with van der Waals surface area (Å²) < 4.78 is 5.51. The van der Waals surface area contributed by atoms with Crippen molar-refractivity contribution < 1.29 is 14.3 Å². The minimum Gasteiger partial charge on any atom is -0.443 e. The largest absolute Gasteiger partial charge is 0.443 e. The maximum Gasteiger partial charge on any atom is 0.417 e. The Balaban J connectivity index is 1.52. The van der Waals surface area contributed by atoms with Crippen molar-refractivity contribution >= 4 is 18.7 Å². The van der Waals surface area contributed by atoms with Crippen molar-refractivity contribution in [2.24, 2.45) is 0 Å². The predicted octanol–water partition coefficient (Wildman–Crippen LogP) is 6.72. The number of rotatable bonds is 7. The Morgan fingerprint density at radius 2 is 1.60 bits per heavy atom. The second kappa shape index (κ2) is 10.5. The number of nitrogens with zero attached hydrogens (tertiary/aromatic N) is 1. The van der Waals surface area contributed by atoms with Crippen LogP contribution in [0.25, 0.3) is 0 Å². The Morgan fingerprint density at radius 3 is 2.17 bits per heavy atom. The van der Waals surface area contributed by atoms with Crippen molar-refractivity contribution in [1.82, 2.24) is 4.90 Å². The molecule has 0 aromatic heterocycles. The molecular formula is C25H38BNO3. The van der Waals surface area contributed by atoms with Gasteiger partial charge in [0, 0.05) is 6.42 Å². The number of fused-ring (bicyclic) bond motifs is 2. The van der Waals surface area contributed by atoms with E-state index in [1.165, 1.54) is 49.7 Å². The van der Waals surface area contributed by atoms with E-state index >= 15 is 0 Å². The molecule has 0 atom stereocenters. The zero-order valence-corrected chi connectivity index (χ0v) is 19.1. The topological polar surface area (TPSA) is 46.6 Å². The number of amides is 2. The highest BCUT2D eigenvalue weighted by Gasteiger charge is 2.38. The molecule has 2 amide bonds. The Labute approximate surface area is 182 Å². The normalized spacial score (nSPS) is 21.2. The first-order valence-electron chi connectivity index (χ1n) is 11.9. The molecule has 30 heavy (non-hydrogen) atoms. The molecule has 2 heterocycles. The van der Waals surface area contributed by atoms with Gasteiger partial charge in [-0.2, -0.15) is 0 Å². The van der Waals surface area contributed by atoms with E-state index in [9.17, 15) is 9.59 Å². The molecule has 2 saturated heterocycles. The van der Waals surface area contributed by atoms with Crippen molar-refractivity contribution in [2.45, 2.75) is 109 Å². The van der Waals surface area contributed by atoms with E-state index < -0.39 is 11.7 Å². The number of hydrogen-bond donors (Lipinski definition) is 0. The van der Waals surface area contributed by atoms with Gasteiger partial charge in [-0.1, -0.05) is 93.2 Å². The van der Waals surface area contributed by atoms with Crippen LogP contribution < -0.4 is 0 Å². The van der Waals surface area contributed by atoms with Crippen molar-refractivity contribution in [2.75, 3.05) is 0 Å². The molecule has 1 aromatic rings. The van der Waals surface area contributed by atoms with Crippen molar-refractivity contribution in [1.29, 1.82) is 0 Å². The molecule has 164 valence electrons. The molecule has 0 N–H and O–H groups in total. The number of carbonyl (C=O) groups excluding carboxylic acids is 2. The van der Waals surface area contributed by atoms with E-state index in [-0.39, 0.29) is 12.5 Å². The average Bonchev–Trinajstić information content (AvgIpc) is 2.68. The lowest BCUT2D eigenvalue weighted by Gasteiger charge is -2.40. The standard InChI is InChI=1S/C25H38BNO3/c1-25(2,3)30-24(29)27(19-20-11-5-4-6-12-20)23(28)17-7-8-18-26-21-13-9-14-22(26)16-10-15-21/h4-6,11-12,21-22H,7-10,13-19H2,1-3H3. The van der Waals surface area contributed by atoms with E-state index in [2.05, 4.69) is 0 Å². The van der Waals surface area contributed by atoms with Gasteiger partial charge in [0.25, 0.3) is 0 Å². The highest BCUT2D eigenvalue weighted by molar-refractivity contribution is 6.62. The van der Waals surface area contributed by atoms with Crippen LogP contribution in [0.2, 0.25) is 18.0 Å². The maximum atomic E-state index is 12.9. The number of imide groups is 1. The van der Waals surface area contributed by atoms with Gasteiger partial charge in [0.2, 0.25) is 5.91 Å². The number of benzene rings is 1. The summed E-state index contributed by atoms with van der Waals surface area (Å²) in [5.74, 6) is 1.71. The molecule has 2 bridgehead atoms. The zero-order chi connectivity index (χ0) is 21.6. The quantitative estimate of drug-likeness (QED) is 0.369. The van der Waals surface area contributed by atoms with Crippen molar-refractivity contribution in [3.63, 3.8) is 0 Å². The first kappa shape index (κ1) is 22.9. The Kier molecular flexibility index (Phi) is 8.02. The van der Waals surface area contributed by atoms with Crippen molar-refractivity contribution in [3.05, 3.63) is 35.9 Å². The molecule has 0 spiro atoms. The molecule has 2 aliphatic heterocycles. The third-order valence-electron chi connectivity index (χ3n) is 6.79. The molecule has 0 aliphatic carbocycles. The van der Waals surface area contributed by atoms with Gasteiger partial charge >= 0.3 is 6.09 Å². The summed E-state index contributed by atoms with van der Waals surface area (Å²) in [7, 11) is 0. The summed E-state index contributed by atoms with van der Waals surface area (Å²) >= 11 is 0. The van der Waals surface area contributed by atoms with E-state index in [4.69, 9.17) is 4.74 Å². The van der Waals surface area contributed by atoms with Gasteiger partial charge in [-0.25, -0.2) is 9.69 Å². The summed E-state index contributed by atoms with van der Waals surface area (Å²) in [5.41, 5.74) is 0.317. The number of carbonyl (C=O) groups is 2. The van der Waals surface area contributed by atoms with Gasteiger partial charge in [0.1, 0.15) is 12.3 Å². The molecule has 0 radical (unpaired) electrons. The summed E-state index contributed by atoms with van der Waals surface area (Å²) in [4.78, 5) is 26.9. The van der Waals surface area contributed by atoms with Crippen LogP contribution in [0.3, 0.4) is 0 Å². The Morgan fingerprint density at radius 1 is 1.00 bits per heavy atom. The summed E-state index contributed by atoms with van der Waals surface area (Å²) in [6.07, 6.45) is 11.5. The SMILES string of the molecule is CC(C)(C)OC(=O)N(Cc1ccccc1)C(=O)CCCCB1C2CCCC1CCC2. The van der Waals surface area contributed by atoms with Gasteiger partial charge < -0.3 is 4.74 Å². The molecule has 0 unspecified atom stereocenters. The van der Waals surface area contributed by atoms with Gasteiger partial charge in [-0.3, -0.25) is 4.79 Å². The lowest BCUT2D eigenvalue weighted by molar-refractivity contribution is -0.131. The summed E-state index contributed by atoms with van der Waals surface area (Å²) in [6.45, 7) is 6.63. The molecular weight excluding hydrogens is 373 g/mol. The predicted molar refractivity (Wildman–Crippen MR) is 123 cm³/mol. The highest BCUT2D eigenvalue weighted by atomic mass is 16.6. The molecule has 3 rings (SSSR count). The minimum atomic E-state index is -0.620. The first-order valence-corrected chi connectivity index (χ1v) is 11.9. The van der Waals surface area contributed by atoms with E-state index in [1.54, 1.807) is 0 Å². The summed E-state index contributed by atoms with van der Waals surface area (Å²) in [5, 5.41) is 0. The monoisotopic (exact) mass is 411 g/mol. The fourth-order valence-electron chi connectivity index (χ4n) is 5.41. The lowest BCUT2D eigenvalue weighted by Crippen LogP contribution is -2.40. The van der Waals surface area contributed by atoms with E-state index in [0.717, 1.165) is 36.8 Å². The number of ether oxygens (including phenoxy) is 1. The zero-order valence-electron chi connectivity index (χ0n) is 19.1. The fourth-order valence-corrected chi connectivity index (χ4v) is 5.41. The molecule has 2 fully saturated rings. The second-order valence-electron chi connectivity index (χ2n) is 10.2. The van der Waals surface area contributed by atoms with E-state index in [1.807, 2.05) is 51.1 Å². The van der Waals surface area contributed by atoms with Crippen LogP contribution in [-0.2, 0) is 16.1 Å². The Bertz CT molecular complexity index is 678. The van der Waals surface area contributed by atoms with Gasteiger partial charge in [-0.05, 0) is 32.8 Å². The maximum absolute atomic E-state index is 12.9. The molecule has 4 nitrogen and oxygen atoms in total. The smallest absolute Gasteiger partial charge is 0.417 e. The minimum absolute atomic E-state index is 0.128. The van der Waals surface area contributed by atoms with Gasteiger partial charge in [-0.15, -0.1) is 0 Å². The van der Waals surface area contributed by atoms with Crippen molar-refractivity contribution in [3.8, 4) is 0 Å². The van der Waals surface area contributed by atoms with Crippen LogP contribution in [0, 0.1) is 0 Å². The third kappa shape index (κ3) is 6.62. The molecule has 2 aliphatic rings. The van der Waals surface area contributed by atoms with Gasteiger partial charge in [0.15, 0.2) is 0 Å². The molecule has 0 saturated carbocycles. The van der Waals surface area contributed by atoms with Crippen LogP contribution in [0.15, 0.2) is 30.3 Å². The summed E-state index contributed by atoms with van der Waals surface area (Å²) in [6, 6.07) is 9.66. The first-order chi connectivity index (χ1) is 14.3. The Hall–Kier alpha value is -1.78. The average molecular weight is 411 g/mol. The molecule has 5 heteroatoms. The highest BCUT2D eigenvalue weighted by Crippen LogP contribution is 2.48. The van der Waals surface area contributed by atoms with Crippen LogP contribution >= 0.6 is 0 Å². The van der Waals surface area contributed by atoms with Crippen LogP contribution in [0.5, 0.6) is 0 Å². The molecule has 1 aromatic carbocycles. The van der Waals surface area contributed by atoms with Crippen LogP contribution in [0.1, 0.15) is 84.1 Å². The third-order valence-corrected chi connectivity index (χ3v) is 6.79. The van der Waals surface area contributed by atoms with E-state index in [0.29, 0.717) is 6.42 Å². The van der Waals surface area contributed by atoms with Crippen LogP contribution in [-0.4, -0.2) is 29.2 Å². The number of unbranched alkanes of at least 4 members (excludes halogenated alkanes) is 1. The van der Waals surface area contributed by atoms with Crippen LogP contribution in [0.4, 0.5) is 4.79 Å². The number of hydrogen-bond acceptors (Lipinski definition) is 3. The second-order valence-corrected chi connectivity index (χ2v) is 10.2. The fraction of sp³-hybridized carbons (Fsp3) is 0.680. The van der Waals surface area contributed by atoms with Gasteiger partial charge in [0.05, 0.1) is 6.54 Å².